The summed E-state index contributed by atoms with van der Waals surface area (Å²) in [7, 11) is 0. The van der Waals surface area contributed by atoms with E-state index in [1.165, 1.54) is 0 Å². The molecule has 1 aromatic heterocycles. The number of carboxylic acids is 1. The van der Waals surface area contributed by atoms with Crippen molar-refractivity contribution >= 4 is 11.9 Å². The van der Waals surface area contributed by atoms with E-state index in [1.807, 2.05) is 18.9 Å². The number of hydrazine groups is 1. The first kappa shape index (κ1) is 13.5. The van der Waals surface area contributed by atoms with E-state index in [2.05, 4.69) is 15.1 Å². The highest BCUT2D eigenvalue weighted by Crippen LogP contribution is 2.20. The second-order valence-corrected chi connectivity index (χ2v) is 4.86. The van der Waals surface area contributed by atoms with Crippen molar-refractivity contribution in [2.45, 2.75) is 45.2 Å². The van der Waals surface area contributed by atoms with Crippen LogP contribution in [-0.2, 0) is 0 Å². The third-order valence-corrected chi connectivity index (χ3v) is 3.38. The number of carbonyl (C=O) groups excluding carboxylic acids is 1. The third kappa shape index (κ3) is 2.93. The zero-order valence-corrected chi connectivity index (χ0v) is 10.9. The molecule has 2 unspecified atom stereocenters. The molecule has 2 N–H and O–H groups in total. The lowest BCUT2D eigenvalue weighted by atomic mass is 10.00. The van der Waals surface area contributed by atoms with Crippen molar-refractivity contribution in [3.05, 3.63) is 17.5 Å². The highest BCUT2D eigenvalue weighted by Gasteiger charge is 2.27. The van der Waals surface area contributed by atoms with Crippen molar-refractivity contribution in [2.75, 3.05) is 0 Å². The van der Waals surface area contributed by atoms with E-state index in [0.717, 1.165) is 25.3 Å². The van der Waals surface area contributed by atoms with Crippen LogP contribution in [0, 0.1) is 0 Å². The molecule has 7 heteroatoms. The quantitative estimate of drug-likeness (QED) is 0.856. The van der Waals surface area contributed by atoms with Gasteiger partial charge in [-0.1, -0.05) is 11.6 Å². The molecule has 0 aromatic carbocycles. The number of nitrogens with zero attached hydrogens (tertiary/aromatic N) is 2. The number of aromatic nitrogens is 1. The number of aromatic carboxylic acids is 1. The number of piperidine rings is 1. The summed E-state index contributed by atoms with van der Waals surface area (Å²) in [6.45, 7) is 4.09. The fourth-order valence-electron chi connectivity index (χ4n) is 2.30. The maximum atomic E-state index is 12.0. The van der Waals surface area contributed by atoms with Gasteiger partial charge in [0.2, 0.25) is 5.76 Å². The molecule has 7 nitrogen and oxygen atoms in total. The molecule has 1 aliphatic heterocycles. The smallest absolute Gasteiger partial charge is 0.374 e. The number of rotatable bonds is 3. The van der Waals surface area contributed by atoms with E-state index in [0.29, 0.717) is 0 Å². The topological polar surface area (TPSA) is 95.7 Å². The molecule has 19 heavy (non-hydrogen) atoms. The van der Waals surface area contributed by atoms with Gasteiger partial charge in [-0.3, -0.25) is 10.2 Å². The zero-order chi connectivity index (χ0) is 14.0. The summed E-state index contributed by atoms with van der Waals surface area (Å²) < 4.78 is 4.56. The number of hydrogen-bond donors (Lipinski definition) is 2. The molecule has 104 valence electrons. The second-order valence-electron chi connectivity index (χ2n) is 4.86. The average molecular weight is 267 g/mol. The Balaban J connectivity index is 2.05. The summed E-state index contributed by atoms with van der Waals surface area (Å²) in [5, 5.41) is 14.1. The van der Waals surface area contributed by atoms with Crippen LogP contribution in [0.1, 0.15) is 54.2 Å². The van der Waals surface area contributed by atoms with E-state index < -0.39 is 11.9 Å². The van der Waals surface area contributed by atoms with Crippen molar-refractivity contribution in [1.82, 2.24) is 15.6 Å². The van der Waals surface area contributed by atoms with Gasteiger partial charge in [-0.05, 0) is 26.7 Å². The standard InChI is InChI=1S/C12H17N3O4/c1-7-4-3-5-8(2)15(7)13-11(16)9-6-10(12(17)18)19-14-9/h6-8H,3-5H2,1-2H3,(H,13,16)(H,17,18). The van der Waals surface area contributed by atoms with Gasteiger partial charge in [0.05, 0.1) is 0 Å². The molecule has 0 saturated carbocycles. The highest BCUT2D eigenvalue weighted by atomic mass is 16.5. The first-order valence-corrected chi connectivity index (χ1v) is 6.28. The molecular weight excluding hydrogens is 250 g/mol. The van der Waals surface area contributed by atoms with Crippen LogP contribution in [-0.4, -0.2) is 39.2 Å². The molecule has 1 aliphatic rings. The predicted octanol–water partition coefficient (Wildman–Crippen LogP) is 1.28. The summed E-state index contributed by atoms with van der Waals surface area (Å²) in [6.07, 6.45) is 3.18. The Kier molecular flexibility index (Phi) is 3.84. The summed E-state index contributed by atoms with van der Waals surface area (Å²) in [6, 6.07) is 1.62. The minimum absolute atomic E-state index is 0.0256. The molecule has 2 heterocycles. The van der Waals surface area contributed by atoms with Gasteiger partial charge in [-0.2, -0.15) is 0 Å². The molecule has 1 aromatic rings. The van der Waals surface area contributed by atoms with Crippen LogP contribution in [0.4, 0.5) is 0 Å². The van der Waals surface area contributed by atoms with Crippen molar-refractivity contribution in [3.8, 4) is 0 Å². The molecule has 0 spiro atoms. The molecule has 1 saturated heterocycles. The SMILES string of the molecule is CC1CCCC(C)N1NC(=O)c1cc(C(=O)O)on1. The maximum absolute atomic E-state index is 12.0. The van der Waals surface area contributed by atoms with E-state index >= 15 is 0 Å². The molecule has 1 fully saturated rings. The lowest BCUT2D eigenvalue weighted by Crippen LogP contribution is -2.54. The predicted molar refractivity (Wildman–Crippen MR) is 65.5 cm³/mol. The van der Waals surface area contributed by atoms with Crippen LogP contribution >= 0.6 is 0 Å². The van der Waals surface area contributed by atoms with Crippen LogP contribution in [0.5, 0.6) is 0 Å². The van der Waals surface area contributed by atoms with Gasteiger partial charge in [-0.15, -0.1) is 0 Å². The first-order valence-electron chi connectivity index (χ1n) is 6.28. The minimum atomic E-state index is -1.24. The monoisotopic (exact) mass is 267 g/mol. The van der Waals surface area contributed by atoms with Crippen LogP contribution in [0.15, 0.2) is 10.6 Å². The van der Waals surface area contributed by atoms with E-state index in [4.69, 9.17) is 5.11 Å². The third-order valence-electron chi connectivity index (χ3n) is 3.38. The Morgan fingerprint density at radius 3 is 2.58 bits per heavy atom. The molecule has 0 aliphatic carbocycles. The van der Waals surface area contributed by atoms with Crippen molar-refractivity contribution in [3.63, 3.8) is 0 Å². The first-order chi connectivity index (χ1) is 8.99. The molecule has 1 amide bonds. The van der Waals surface area contributed by atoms with Gasteiger partial charge in [0.25, 0.3) is 5.91 Å². The van der Waals surface area contributed by atoms with Gasteiger partial charge in [0.15, 0.2) is 5.69 Å². The van der Waals surface area contributed by atoms with Crippen LogP contribution in [0.2, 0.25) is 0 Å². The largest absolute Gasteiger partial charge is 0.475 e. The molecule has 0 radical (unpaired) electrons. The number of hydrogen-bond acceptors (Lipinski definition) is 5. The fraction of sp³-hybridized carbons (Fsp3) is 0.583. The van der Waals surface area contributed by atoms with Crippen molar-refractivity contribution in [2.24, 2.45) is 0 Å². The van der Waals surface area contributed by atoms with Gasteiger partial charge >= 0.3 is 5.97 Å². The van der Waals surface area contributed by atoms with E-state index in [9.17, 15) is 9.59 Å². The summed E-state index contributed by atoms with van der Waals surface area (Å²) in [5.74, 6) is -2.03. The number of carbonyl (C=O) groups is 2. The van der Waals surface area contributed by atoms with E-state index in [-0.39, 0.29) is 23.5 Å². The Bertz CT molecular complexity index is 475. The number of amides is 1. The fourth-order valence-corrected chi connectivity index (χ4v) is 2.30. The van der Waals surface area contributed by atoms with Gasteiger partial charge in [0.1, 0.15) is 0 Å². The molecule has 0 bridgehead atoms. The Hall–Kier alpha value is -1.89. The van der Waals surface area contributed by atoms with E-state index in [1.54, 1.807) is 0 Å². The zero-order valence-electron chi connectivity index (χ0n) is 10.9. The summed E-state index contributed by atoms with van der Waals surface area (Å²) in [5.41, 5.74) is 2.74. The molecule has 2 rings (SSSR count). The van der Waals surface area contributed by atoms with Crippen molar-refractivity contribution in [1.29, 1.82) is 0 Å². The second kappa shape index (κ2) is 5.40. The Morgan fingerprint density at radius 1 is 1.42 bits per heavy atom. The molecular formula is C12H17N3O4. The minimum Gasteiger partial charge on any atom is -0.475 e. The van der Waals surface area contributed by atoms with Crippen LogP contribution in [0.3, 0.4) is 0 Å². The van der Waals surface area contributed by atoms with Gasteiger partial charge < -0.3 is 9.63 Å². The number of nitrogens with one attached hydrogen (secondary N) is 1. The highest BCUT2D eigenvalue weighted by molar-refractivity contribution is 5.94. The number of carboxylic acid groups (broad SMARTS) is 1. The Labute approximate surface area is 110 Å². The lowest BCUT2D eigenvalue weighted by Gasteiger charge is -2.38. The van der Waals surface area contributed by atoms with Crippen LogP contribution in [0.25, 0.3) is 0 Å². The Morgan fingerprint density at radius 2 is 2.05 bits per heavy atom. The van der Waals surface area contributed by atoms with Gasteiger partial charge in [-0.25, -0.2) is 9.80 Å². The summed E-state index contributed by atoms with van der Waals surface area (Å²) in [4.78, 5) is 22.6. The summed E-state index contributed by atoms with van der Waals surface area (Å²) >= 11 is 0. The lowest BCUT2D eigenvalue weighted by molar-refractivity contribution is 0.0363. The molecule has 2 atom stereocenters. The maximum Gasteiger partial charge on any atom is 0.374 e. The van der Waals surface area contributed by atoms with Crippen molar-refractivity contribution < 1.29 is 19.2 Å². The van der Waals surface area contributed by atoms with Crippen LogP contribution < -0.4 is 5.43 Å². The normalized spacial score (nSPS) is 24.1. The van der Waals surface area contributed by atoms with Gasteiger partial charge in [0, 0.05) is 18.2 Å². The average Bonchev–Trinajstić information content (AvgIpc) is 2.83.